The lowest BCUT2D eigenvalue weighted by atomic mass is 10.1. The molecule has 0 unspecified atom stereocenters. The molecule has 0 aromatic rings. The highest BCUT2D eigenvalue weighted by Crippen LogP contribution is 2.23. The molecule has 0 amide bonds. The lowest BCUT2D eigenvalue weighted by Crippen LogP contribution is -2.50. The minimum absolute atomic E-state index is 0.157. The molecule has 6 heteroatoms. The van der Waals surface area contributed by atoms with Gasteiger partial charge in [-0.2, -0.15) is 8.42 Å². The van der Waals surface area contributed by atoms with Gasteiger partial charge >= 0.3 is 0 Å². The molecule has 1 heterocycles. The van der Waals surface area contributed by atoms with E-state index in [9.17, 15) is 12.8 Å². The van der Waals surface area contributed by atoms with Crippen LogP contribution in [0.1, 0.15) is 0 Å². The topological polar surface area (TPSA) is 52.6 Å². The van der Waals surface area contributed by atoms with E-state index in [2.05, 4.69) is 8.92 Å². The van der Waals surface area contributed by atoms with Gasteiger partial charge in [0.2, 0.25) is 0 Å². The summed E-state index contributed by atoms with van der Waals surface area (Å²) in [6.07, 6.45) is 0. The van der Waals surface area contributed by atoms with E-state index >= 15 is 0 Å². The molecule has 1 aliphatic heterocycles. The van der Waals surface area contributed by atoms with Crippen molar-refractivity contribution in [1.82, 2.24) is 0 Å². The monoisotopic (exact) mass is 184 g/mol. The van der Waals surface area contributed by atoms with Crippen LogP contribution in [-0.2, 0) is 19.0 Å². The Balaban J connectivity index is 2.54. The number of alkyl halides is 1. The van der Waals surface area contributed by atoms with Crippen LogP contribution in [0.3, 0.4) is 0 Å². The van der Waals surface area contributed by atoms with Gasteiger partial charge in [-0.15, -0.1) is 0 Å². The number of hydrogen-bond acceptors (Lipinski definition) is 4. The molecule has 0 spiro atoms. The van der Waals surface area contributed by atoms with E-state index in [-0.39, 0.29) is 13.2 Å². The van der Waals surface area contributed by atoms with Crippen molar-refractivity contribution in [3.05, 3.63) is 0 Å². The molecular formula is C5H9FO4S. The van der Waals surface area contributed by atoms with Gasteiger partial charge in [-0.05, 0) is 0 Å². The smallest absolute Gasteiger partial charge is 0.270 e. The quantitative estimate of drug-likeness (QED) is 0.565. The van der Waals surface area contributed by atoms with E-state index in [0.717, 1.165) is 7.11 Å². The van der Waals surface area contributed by atoms with Crippen LogP contribution in [-0.4, -0.2) is 40.2 Å². The Morgan fingerprint density at radius 3 is 2.45 bits per heavy atom. The number of hydrogen-bond donors (Lipinski definition) is 0. The summed E-state index contributed by atoms with van der Waals surface area (Å²) in [4.78, 5) is 0. The van der Waals surface area contributed by atoms with Crippen molar-refractivity contribution in [1.29, 1.82) is 0 Å². The summed E-state index contributed by atoms with van der Waals surface area (Å²) in [6.45, 7) is -0.314. The number of halogens is 1. The molecule has 0 aliphatic carbocycles. The second kappa shape index (κ2) is 2.69. The van der Waals surface area contributed by atoms with Crippen LogP contribution in [0.4, 0.5) is 4.39 Å². The van der Waals surface area contributed by atoms with Crippen LogP contribution in [0.5, 0.6) is 0 Å². The summed E-state index contributed by atoms with van der Waals surface area (Å²) in [5, 5.41) is 0. The van der Waals surface area contributed by atoms with Crippen LogP contribution < -0.4 is 0 Å². The van der Waals surface area contributed by atoms with Gasteiger partial charge in [0.15, 0.2) is 5.67 Å². The van der Waals surface area contributed by atoms with Crippen molar-refractivity contribution in [2.24, 2.45) is 0 Å². The maximum absolute atomic E-state index is 13.0. The van der Waals surface area contributed by atoms with Crippen LogP contribution >= 0.6 is 0 Å². The molecular weight excluding hydrogens is 175 g/mol. The summed E-state index contributed by atoms with van der Waals surface area (Å²) in [6, 6.07) is 0. The average molecular weight is 184 g/mol. The summed E-state index contributed by atoms with van der Waals surface area (Å²) in [7, 11) is -2.68. The minimum atomic E-state index is -3.69. The molecule has 1 rings (SSSR count). The number of rotatable bonds is 3. The molecule has 1 aliphatic rings. The third-order valence-corrected chi connectivity index (χ3v) is 2.79. The molecule has 11 heavy (non-hydrogen) atoms. The van der Waals surface area contributed by atoms with Crippen LogP contribution in [0.2, 0.25) is 0 Å². The first-order valence-electron chi connectivity index (χ1n) is 3.02. The normalized spacial score (nSPS) is 22.7. The van der Waals surface area contributed by atoms with Crippen LogP contribution in [0.25, 0.3) is 0 Å². The molecule has 66 valence electrons. The van der Waals surface area contributed by atoms with E-state index < -0.39 is 21.5 Å². The first-order valence-corrected chi connectivity index (χ1v) is 4.60. The molecule has 0 bridgehead atoms. The molecule has 4 nitrogen and oxygen atoms in total. The van der Waals surface area contributed by atoms with Gasteiger partial charge in [-0.25, -0.2) is 4.39 Å². The highest BCUT2D eigenvalue weighted by Gasteiger charge is 2.43. The standard InChI is InChI=1S/C5H9FO4S/c1-9-11(7,8)4-5(6)2-10-3-5/h2-4H2,1H3. The largest absolute Gasteiger partial charge is 0.375 e. The van der Waals surface area contributed by atoms with Crippen molar-refractivity contribution in [3.63, 3.8) is 0 Å². The average Bonchev–Trinajstić information content (AvgIpc) is 1.84. The van der Waals surface area contributed by atoms with Crippen LogP contribution in [0, 0.1) is 0 Å². The van der Waals surface area contributed by atoms with Crippen molar-refractivity contribution < 1.29 is 21.7 Å². The Kier molecular flexibility index (Phi) is 2.17. The summed E-state index contributed by atoms with van der Waals surface area (Å²) in [5.41, 5.74) is -1.73. The fourth-order valence-corrected chi connectivity index (χ4v) is 1.70. The van der Waals surface area contributed by atoms with Gasteiger partial charge in [-0.3, -0.25) is 4.18 Å². The van der Waals surface area contributed by atoms with Gasteiger partial charge in [0.25, 0.3) is 10.1 Å². The molecule has 1 fully saturated rings. The molecule has 1 saturated heterocycles. The van der Waals surface area contributed by atoms with Crippen LogP contribution in [0.15, 0.2) is 0 Å². The molecule has 0 N–H and O–H groups in total. The Hall–Kier alpha value is -0.200. The Labute approximate surface area is 64.4 Å². The Morgan fingerprint density at radius 1 is 1.64 bits per heavy atom. The molecule has 0 radical (unpaired) electrons. The van der Waals surface area contributed by atoms with Gasteiger partial charge < -0.3 is 4.74 Å². The van der Waals surface area contributed by atoms with E-state index in [1.54, 1.807) is 0 Å². The lowest BCUT2D eigenvalue weighted by molar-refractivity contribution is -0.116. The molecule has 0 aromatic carbocycles. The molecule has 0 aromatic heterocycles. The fraction of sp³-hybridized carbons (Fsp3) is 1.00. The van der Waals surface area contributed by atoms with Gasteiger partial charge in [-0.1, -0.05) is 0 Å². The second-order valence-electron chi connectivity index (χ2n) is 2.51. The van der Waals surface area contributed by atoms with E-state index in [0.29, 0.717) is 0 Å². The number of ether oxygens (including phenoxy) is 1. The van der Waals surface area contributed by atoms with Gasteiger partial charge in [0.1, 0.15) is 5.75 Å². The highest BCUT2D eigenvalue weighted by atomic mass is 32.2. The highest BCUT2D eigenvalue weighted by molar-refractivity contribution is 7.86. The third-order valence-electron chi connectivity index (χ3n) is 1.41. The Bertz CT molecular complexity index is 231. The summed E-state index contributed by atoms with van der Waals surface area (Å²) >= 11 is 0. The van der Waals surface area contributed by atoms with Gasteiger partial charge in [0.05, 0.1) is 20.3 Å². The predicted molar refractivity (Wildman–Crippen MR) is 35.5 cm³/mol. The van der Waals surface area contributed by atoms with Crippen molar-refractivity contribution in [2.75, 3.05) is 26.1 Å². The SMILES string of the molecule is COS(=O)(=O)CC1(F)COC1. The zero-order valence-corrected chi connectivity index (χ0v) is 6.86. The predicted octanol–water partition coefficient (Wildman–Crippen LogP) is -0.299. The molecule has 0 saturated carbocycles. The minimum Gasteiger partial charge on any atom is -0.375 e. The van der Waals surface area contributed by atoms with E-state index in [4.69, 9.17) is 0 Å². The molecule has 0 atom stereocenters. The summed E-state index contributed by atoms with van der Waals surface area (Å²) in [5.74, 6) is -0.615. The third kappa shape index (κ3) is 2.11. The lowest BCUT2D eigenvalue weighted by Gasteiger charge is -2.32. The summed E-state index contributed by atoms with van der Waals surface area (Å²) < 4.78 is 43.0. The van der Waals surface area contributed by atoms with Crippen molar-refractivity contribution >= 4 is 10.1 Å². The second-order valence-corrected chi connectivity index (χ2v) is 4.25. The maximum Gasteiger partial charge on any atom is 0.270 e. The zero-order chi connectivity index (χ0) is 8.54. The van der Waals surface area contributed by atoms with Crippen molar-refractivity contribution in [3.8, 4) is 0 Å². The maximum atomic E-state index is 13.0. The van der Waals surface area contributed by atoms with Gasteiger partial charge in [0, 0.05) is 0 Å². The fourth-order valence-electron chi connectivity index (χ4n) is 0.783. The Morgan fingerprint density at radius 2 is 2.18 bits per heavy atom. The zero-order valence-electron chi connectivity index (χ0n) is 6.04. The first-order chi connectivity index (χ1) is 4.97. The first kappa shape index (κ1) is 8.89. The van der Waals surface area contributed by atoms with Crippen molar-refractivity contribution in [2.45, 2.75) is 5.67 Å². The van der Waals surface area contributed by atoms with E-state index in [1.165, 1.54) is 0 Å². The van der Waals surface area contributed by atoms with E-state index in [1.807, 2.05) is 0 Å².